The lowest BCUT2D eigenvalue weighted by molar-refractivity contribution is 0.446. The molecule has 2 aromatic rings. The molecule has 2 rings (SSSR count). The molecule has 0 radical (unpaired) electrons. The Hall–Kier alpha value is -1.02. The molecular weight excluding hydrogens is 198 g/mol. The standard InChI is InChI=1S/C11H12ClNO/c1-7-3-4-9-10(5-6-12)13-14-11(9)8(7)2/h3-4H,5-6H2,1-2H3. The molecule has 74 valence electrons. The summed E-state index contributed by atoms with van der Waals surface area (Å²) in [6.45, 7) is 4.12. The highest BCUT2D eigenvalue weighted by Crippen LogP contribution is 2.24. The van der Waals surface area contributed by atoms with E-state index in [-0.39, 0.29) is 0 Å². The first-order chi connectivity index (χ1) is 6.74. The first-order valence-electron chi connectivity index (χ1n) is 4.64. The van der Waals surface area contributed by atoms with Gasteiger partial charge in [-0.1, -0.05) is 11.2 Å². The Morgan fingerprint density at radius 2 is 2.14 bits per heavy atom. The molecule has 1 aromatic heterocycles. The fourth-order valence-corrected chi connectivity index (χ4v) is 1.73. The second-order valence-corrected chi connectivity index (χ2v) is 3.83. The van der Waals surface area contributed by atoms with Crippen molar-refractivity contribution in [2.45, 2.75) is 20.3 Å². The number of fused-ring (bicyclic) bond motifs is 1. The lowest BCUT2D eigenvalue weighted by Crippen LogP contribution is -1.87. The highest BCUT2D eigenvalue weighted by molar-refractivity contribution is 6.18. The van der Waals surface area contributed by atoms with Crippen molar-refractivity contribution in [2.24, 2.45) is 0 Å². The van der Waals surface area contributed by atoms with E-state index < -0.39 is 0 Å². The number of aromatic nitrogens is 1. The van der Waals surface area contributed by atoms with Crippen molar-refractivity contribution in [3.05, 3.63) is 29.0 Å². The molecule has 0 amide bonds. The minimum absolute atomic E-state index is 0.578. The molecule has 1 aromatic carbocycles. The highest BCUT2D eigenvalue weighted by atomic mass is 35.5. The lowest BCUT2D eigenvalue weighted by Gasteiger charge is -1.98. The number of halogens is 1. The molecule has 3 heteroatoms. The minimum Gasteiger partial charge on any atom is -0.356 e. The van der Waals surface area contributed by atoms with Crippen LogP contribution in [0.4, 0.5) is 0 Å². The predicted octanol–water partition coefficient (Wildman–Crippen LogP) is 3.23. The first kappa shape index (κ1) is 9.53. The van der Waals surface area contributed by atoms with Gasteiger partial charge in [0.25, 0.3) is 0 Å². The third-order valence-corrected chi connectivity index (χ3v) is 2.76. The summed E-state index contributed by atoms with van der Waals surface area (Å²) in [6, 6.07) is 4.14. The van der Waals surface area contributed by atoms with E-state index in [4.69, 9.17) is 16.1 Å². The van der Waals surface area contributed by atoms with Gasteiger partial charge in [0.2, 0.25) is 0 Å². The molecule has 0 N–H and O–H groups in total. The molecule has 2 nitrogen and oxygen atoms in total. The van der Waals surface area contributed by atoms with Crippen molar-refractivity contribution in [3.8, 4) is 0 Å². The number of hydrogen-bond donors (Lipinski definition) is 0. The molecule has 0 fully saturated rings. The summed E-state index contributed by atoms with van der Waals surface area (Å²) >= 11 is 5.68. The number of rotatable bonds is 2. The summed E-state index contributed by atoms with van der Waals surface area (Å²) in [5, 5.41) is 5.12. The quantitative estimate of drug-likeness (QED) is 0.710. The molecule has 0 atom stereocenters. The van der Waals surface area contributed by atoms with Gasteiger partial charge in [0.15, 0.2) is 5.58 Å². The van der Waals surface area contributed by atoms with E-state index in [1.54, 1.807) is 0 Å². The Morgan fingerprint density at radius 1 is 1.36 bits per heavy atom. The topological polar surface area (TPSA) is 26.0 Å². The van der Waals surface area contributed by atoms with Gasteiger partial charge in [-0.3, -0.25) is 0 Å². The van der Waals surface area contributed by atoms with Crippen LogP contribution in [0.1, 0.15) is 16.8 Å². The van der Waals surface area contributed by atoms with Crippen LogP contribution < -0.4 is 0 Å². The Bertz CT molecular complexity index is 462. The lowest BCUT2D eigenvalue weighted by atomic mass is 10.1. The Balaban J connectivity index is 2.64. The van der Waals surface area contributed by atoms with Crippen LogP contribution in [0.3, 0.4) is 0 Å². The molecule has 0 unspecified atom stereocenters. The molecule has 1 heterocycles. The molecule has 0 saturated carbocycles. The van der Waals surface area contributed by atoms with Crippen molar-refractivity contribution in [1.29, 1.82) is 0 Å². The molecule has 0 saturated heterocycles. The van der Waals surface area contributed by atoms with Crippen molar-refractivity contribution < 1.29 is 4.52 Å². The minimum atomic E-state index is 0.578. The monoisotopic (exact) mass is 209 g/mol. The molecule has 0 aliphatic heterocycles. The third kappa shape index (κ3) is 1.40. The summed E-state index contributed by atoms with van der Waals surface area (Å²) in [7, 11) is 0. The van der Waals surface area contributed by atoms with Crippen LogP contribution in [0.2, 0.25) is 0 Å². The van der Waals surface area contributed by atoms with E-state index in [9.17, 15) is 0 Å². The average molecular weight is 210 g/mol. The maximum atomic E-state index is 5.68. The maximum Gasteiger partial charge on any atom is 0.170 e. The van der Waals surface area contributed by atoms with E-state index in [1.165, 1.54) is 5.56 Å². The Kier molecular flexibility index (Phi) is 2.46. The van der Waals surface area contributed by atoms with Crippen LogP contribution in [0.5, 0.6) is 0 Å². The van der Waals surface area contributed by atoms with Gasteiger partial charge >= 0.3 is 0 Å². The molecule has 0 bridgehead atoms. The van der Waals surface area contributed by atoms with E-state index >= 15 is 0 Å². The smallest absolute Gasteiger partial charge is 0.170 e. The Morgan fingerprint density at radius 3 is 2.86 bits per heavy atom. The highest BCUT2D eigenvalue weighted by Gasteiger charge is 2.10. The van der Waals surface area contributed by atoms with Gasteiger partial charge in [-0.05, 0) is 31.0 Å². The van der Waals surface area contributed by atoms with Crippen molar-refractivity contribution >= 4 is 22.6 Å². The summed E-state index contributed by atoms with van der Waals surface area (Å²) in [4.78, 5) is 0. The molecule has 0 spiro atoms. The second-order valence-electron chi connectivity index (χ2n) is 3.45. The van der Waals surface area contributed by atoms with E-state index in [0.29, 0.717) is 5.88 Å². The summed E-state index contributed by atoms with van der Waals surface area (Å²) in [5.74, 6) is 0.578. The van der Waals surface area contributed by atoms with Crippen LogP contribution in [0.15, 0.2) is 16.7 Å². The van der Waals surface area contributed by atoms with Crippen LogP contribution in [-0.4, -0.2) is 11.0 Å². The van der Waals surface area contributed by atoms with Crippen LogP contribution >= 0.6 is 11.6 Å². The van der Waals surface area contributed by atoms with Crippen molar-refractivity contribution in [2.75, 3.05) is 5.88 Å². The number of nitrogens with zero attached hydrogens (tertiary/aromatic N) is 1. The number of benzene rings is 1. The first-order valence-corrected chi connectivity index (χ1v) is 5.18. The van der Waals surface area contributed by atoms with Crippen molar-refractivity contribution in [3.63, 3.8) is 0 Å². The zero-order valence-corrected chi connectivity index (χ0v) is 9.06. The summed E-state index contributed by atoms with van der Waals surface area (Å²) < 4.78 is 5.30. The number of hydrogen-bond acceptors (Lipinski definition) is 2. The molecular formula is C11H12ClNO. The zero-order chi connectivity index (χ0) is 10.1. The second kappa shape index (κ2) is 3.62. The third-order valence-electron chi connectivity index (χ3n) is 2.57. The summed E-state index contributed by atoms with van der Waals surface area (Å²) in [6.07, 6.45) is 0.761. The molecule has 0 aliphatic rings. The normalized spacial score (nSPS) is 11.1. The average Bonchev–Trinajstić information content (AvgIpc) is 2.57. The van der Waals surface area contributed by atoms with Crippen LogP contribution in [0.25, 0.3) is 11.0 Å². The Labute approximate surface area is 87.8 Å². The number of alkyl halides is 1. The van der Waals surface area contributed by atoms with Gasteiger partial charge < -0.3 is 4.52 Å². The van der Waals surface area contributed by atoms with Crippen LogP contribution in [-0.2, 0) is 6.42 Å². The number of aryl methyl sites for hydroxylation is 3. The van der Waals surface area contributed by atoms with Gasteiger partial charge in [0, 0.05) is 17.7 Å². The van der Waals surface area contributed by atoms with E-state index in [1.807, 2.05) is 6.92 Å². The maximum absolute atomic E-state index is 5.68. The van der Waals surface area contributed by atoms with E-state index in [0.717, 1.165) is 28.6 Å². The van der Waals surface area contributed by atoms with Gasteiger partial charge in [0.1, 0.15) is 0 Å². The molecule has 14 heavy (non-hydrogen) atoms. The van der Waals surface area contributed by atoms with Gasteiger partial charge in [-0.25, -0.2) is 0 Å². The fourth-order valence-electron chi connectivity index (χ4n) is 1.55. The molecule has 0 aliphatic carbocycles. The van der Waals surface area contributed by atoms with E-state index in [2.05, 4.69) is 24.2 Å². The predicted molar refractivity (Wildman–Crippen MR) is 57.9 cm³/mol. The summed E-state index contributed by atoms with van der Waals surface area (Å²) in [5.41, 5.74) is 4.24. The van der Waals surface area contributed by atoms with Crippen molar-refractivity contribution in [1.82, 2.24) is 5.16 Å². The fraction of sp³-hybridized carbons (Fsp3) is 0.364. The van der Waals surface area contributed by atoms with Gasteiger partial charge in [0.05, 0.1) is 5.69 Å². The van der Waals surface area contributed by atoms with Gasteiger partial charge in [-0.15, -0.1) is 11.6 Å². The van der Waals surface area contributed by atoms with Crippen LogP contribution in [0, 0.1) is 13.8 Å². The largest absolute Gasteiger partial charge is 0.356 e. The zero-order valence-electron chi connectivity index (χ0n) is 8.30. The SMILES string of the molecule is Cc1ccc2c(CCCl)noc2c1C. The van der Waals surface area contributed by atoms with Gasteiger partial charge in [-0.2, -0.15) is 0 Å².